The lowest BCUT2D eigenvalue weighted by Crippen LogP contribution is -2.42. The molecular weight excluding hydrogens is 262 g/mol. The maximum atomic E-state index is 12.4. The van der Waals surface area contributed by atoms with Crippen molar-refractivity contribution in [3.8, 4) is 0 Å². The molecule has 0 aliphatic rings. The normalized spacial score (nSPS) is 11.1. The van der Waals surface area contributed by atoms with E-state index in [1.807, 2.05) is 31.3 Å². The Morgan fingerprint density at radius 2 is 1.81 bits per heavy atom. The molecule has 0 fully saturated rings. The molecule has 0 unspecified atom stereocenters. The van der Waals surface area contributed by atoms with Gasteiger partial charge < -0.3 is 10.6 Å². The Hall–Kier alpha value is -1.55. The summed E-state index contributed by atoms with van der Waals surface area (Å²) in [4.78, 5) is 16.4. The van der Waals surface area contributed by atoms with E-state index in [2.05, 4.69) is 25.7 Å². The lowest BCUT2D eigenvalue weighted by Gasteiger charge is -2.28. The topological polar surface area (TPSA) is 49.6 Å². The second-order valence-electron chi connectivity index (χ2n) is 5.82. The fraction of sp³-hybridized carbons (Fsp3) is 0.588. The summed E-state index contributed by atoms with van der Waals surface area (Å²) in [5, 5.41) is 0. The largest absolute Gasteiger partial charge is 0.399 e. The van der Waals surface area contributed by atoms with Crippen LogP contribution in [0.25, 0.3) is 0 Å². The molecule has 0 heterocycles. The SMILES string of the molecule is CCCCCN(CC(=O)N(C)c1ccc(N)cc1)C(C)C. The lowest BCUT2D eigenvalue weighted by atomic mass is 10.2. The van der Waals surface area contributed by atoms with Gasteiger partial charge in [-0.05, 0) is 51.1 Å². The van der Waals surface area contributed by atoms with E-state index >= 15 is 0 Å². The van der Waals surface area contributed by atoms with E-state index in [1.165, 1.54) is 12.8 Å². The van der Waals surface area contributed by atoms with Gasteiger partial charge in [-0.1, -0.05) is 19.8 Å². The molecule has 0 saturated heterocycles. The highest BCUT2D eigenvalue weighted by atomic mass is 16.2. The van der Waals surface area contributed by atoms with Crippen LogP contribution in [0.2, 0.25) is 0 Å². The smallest absolute Gasteiger partial charge is 0.240 e. The van der Waals surface area contributed by atoms with Crippen molar-refractivity contribution < 1.29 is 4.79 Å². The van der Waals surface area contributed by atoms with Crippen LogP contribution in [-0.2, 0) is 4.79 Å². The van der Waals surface area contributed by atoms with Crippen molar-refractivity contribution in [1.82, 2.24) is 4.90 Å². The number of amides is 1. The number of nitrogen functional groups attached to an aromatic ring is 1. The highest BCUT2D eigenvalue weighted by Crippen LogP contribution is 2.15. The average Bonchev–Trinajstić information content (AvgIpc) is 2.46. The van der Waals surface area contributed by atoms with Crippen LogP contribution in [0.3, 0.4) is 0 Å². The van der Waals surface area contributed by atoms with E-state index in [0.717, 1.165) is 18.7 Å². The predicted molar refractivity (Wildman–Crippen MR) is 90.5 cm³/mol. The van der Waals surface area contributed by atoms with Crippen molar-refractivity contribution in [3.05, 3.63) is 24.3 Å². The average molecular weight is 291 g/mol. The number of benzene rings is 1. The monoisotopic (exact) mass is 291 g/mol. The molecule has 0 aliphatic heterocycles. The highest BCUT2D eigenvalue weighted by molar-refractivity contribution is 5.94. The molecule has 0 spiro atoms. The van der Waals surface area contributed by atoms with Crippen LogP contribution < -0.4 is 10.6 Å². The summed E-state index contributed by atoms with van der Waals surface area (Å²) in [5.74, 6) is 0.116. The van der Waals surface area contributed by atoms with Crippen LogP contribution in [0.4, 0.5) is 11.4 Å². The number of carbonyl (C=O) groups excluding carboxylic acids is 1. The molecule has 21 heavy (non-hydrogen) atoms. The van der Waals surface area contributed by atoms with E-state index in [-0.39, 0.29) is 5.91 Å². The molecule has 0 radical (unpaired) electrons. The van der Waals surface area contributed by atoms with Gasteiger partial charge in [-0.2, -0.15) is 0 Å². The van der Waals surface area contributed by atoms with Crippen molar-refractivity contribution >= 4 is 17.3 Å². The van der Waals surface area contributed by atoms with Crippen molar-refractivity contribution in [2.45, 2.75) is 46.1 Å². The molecule has 0 saturated carbocycles. The Labute approximate surface area is 128 Å². The number of unbranched alkanes of at least 4 members (excludes halogenated alkanes) is 2. The Bertz CT molecular complexity index is 428. The molecule has 4 heteroatoms. The number of rotatable bonds is 8. The Morgan fingerprint density at radius 1 is 1.19 bits per heavy atom. The summed E-state index contributed by atoms with van der Waals surface area (Å²) < 4.78 is 0. The number of nitrogens with two attached hydrogens (primary N) is 1. The molecule has 4 nitrogen and oxygen atoms in total. The minimum absolute atomic E-state index is 0.116. The van der Waals surface area contributed by atoms with Gasteiger partial charge in [0.05, 0.1) is 6.54 Å². The zero-order valence-electron chi connectivity index (χ0n) is 13.8. The van der Waals surface area contributed by atoms with Gasteiger partial charge in [-0.15, -0.1) is 0 Å². The van der Waals surface area contributed by atoms with Crippen LogP contribution in [0.15, 0.2) is 24.3 Å². The van der Waals surface area contributed by atoms with Crippen molar-refractivity contribution in [2.24, 2.45) is 0 Å². The molecular formula is C17H29N3O. The molecule has 0 aromatic heterocycles. The quantitative estimate of drug-likeness (QED) is 0.591. The number of anilines is 2. The van der Waals surface area contributed by atoms with Gasteiger partial charge in [-0.25, -0.2) is 0 Å². The molecule has 1 aromatic rings. The second kappa shape index (κ2) is 8.67. The van der Waals surface area contributed by atoms with Crippen LogP contribution >= 0.6 is 0 Å². The maximum Gasteiger partial charge on any atom is 0.240 e. The van der Waals surface area contributed by atoms with E-state index in [1.54, 1.807) is 4.90 Å². The number of hydrogen-bond donors (Lipinski definition) is 1. The summed E-state index contributed by atoms with van der Waals surface area (Å²) in [5.41, 5.74) is 7.27. The first-order chi connectivity index (χ1) is 9.95. The van der Waals surface area contributed by atoms with Gasteiger partial charge in [0.25, 0.3) is 0 Å². The minimum Gasteiger partial charge on any atom is -0.399 e. The van der Waals surface area contributed by atoms with E-state index in [4.69, 9.17) is 5.73 Å². The van der Waals surface area contributed by atoms with Crippen molar-refractivity contribution in [3.63, 3.8) is 0 Å². The third-order valence-corrected chi connectivity index (χ3v) is 3.77. The second-order valence-corrected chi connectivity index (χ2v) is 5.82. The molecule has 0 aliphatic carbocycles. The number of likely N-dealkylation sites (N-methyl/N-ethyl adjacent to an activating group) is 1. The van der Waals surface area contributed by atoms with Crippen LogP contribution in [0.1, 0.15) is 40.0 Å². The lowest BCUT2D eigenvalue weighted by molar-refractivity contribution is -0.119. The van der Waals surface area contributed by atoms with E-state index in [0.29, 0.717) is 18.3 Å². The van der Waals surface area contributed by atoms with Crippen LogP contribution in [-0.4, -0.2) is 37.0 Å². The number of nitrogens with zero attached hydrogens (tertiary/aromatic N) is 2. The van der Waals surface area contributed by atoms with Gasteiger partial charge in [0.1, 0.15) is 0 Å². The van der Waals surface area contributed by atoms with Crippen molar-refractivity contribution in [1.29, 1.82) is 0 Å². The molecule has 0 atom stereocenters. The standard InChI is InChI=1S/C17H29N3O/c1-5-6-7-12-20(14(2)3)13-17(21)19(4)16-10-8-15(18)9-11-16/h8-11,14H,5-7,12-13,18H2,1-4H3. The molecule has 118 valence electrons. The van der Waals surface area contributed by atoms with Crippen LogP contribution in [0, 0.1) is 0 Å². The summed E-state index contributed by atoms with van der Waals surface area (Å²) >= 11 is 0. The first kappa shape index (κ1) is 17.5. The first-order valence-corrected chi connectivity index (χ1v) is 7.81. The summed E-state index contributed by atoms with van der Waals surface area (Å²) in [6, 6.07) is 7.78. The first-order valence-electron chi connectivity index (χ1n) is 7.81. The summed E-state index contributed by atoms with van der Waals surface area (Å²) in [6.07, 6.45) is 3.56. The molecule has 1 aromatic carbocycles. The number of carbonyl (C=O) groups is 1. The zero-order chi connectivity index (χ0) is 15.8. The van der Waals surface area contributed by atoms with Crippen molar-refractivity contribution in [2.75, 3.05) is 30.8 Å². The number of hydrogen-bond acceptors (Lipinski definition) is 3. The Balaban J connectivity index is 2.61. The molecule has 0 bridgehead atoms. The molecule has 1 amide bonds. The summed E-state index contributed by atoms with van der Waals surface area (Å²) in [7, 11) is 1.82. The fourth-order valence-corrected chi connectivity index (χ4v) is 2.21. The van der Waals surface area contributed by atoms with Gasteiger partial charge >= 0.3 is 0 Å². The minimum atomic E-state index is 0.116. The fourth-order valence-electron chi connectivity index (χ4n) is 2.21. The molecule has 2 N–H and O–H groups in total. The maximum absolute atomic E-state index is 12.4. The molecule has 1 rings (SSSR count). The third-order valence-electron chi connectivity index (χ3n) is 3.77. The van der Waals surface area contributed by atoms with E-state index in [9.17, 15) is 4.79 Å². The third kappa shape index (κ3) is 5.76. The van der Waals surface area contributed by atoms with E-state index < -0.39 is 0 Å². The van der Waals surface area contributed by atoms with Gasteiger partial charge in [-0.3, -0.25) is 9.69 Å². The Morgan fingerprint density at radius 3 is 2.33 bits per heavy atom. The van der Waals surface area contributed by atoms with Gasteiger partial charge in [0, 0.05) is 24.5 Å². The van der Waals surface area contributed by atoms with Gasteiger partial charge in [0.2, 0.25) is 5.91 Å². The highest BCUT2D eigenvalue weighted by Gasteiger charge is 2.17. The zero-order valence-corrected chi connectivity index (χ0v) is 13.8. The Kier molecular flexibility index (Phi) is 7.23. The predicted octanol–water partition coefficient (Wildman–Crippen LogP) is 3.13. The van der Waals surface area contributed by atoms with Crippen LogP contribution in [0.5, 0.6) is 0 Å². The van der Waals surface area contributed by atoms with Gasteiger partial charge in [0.15, 0.2) is 0 Å². The summed E-state index contributed by atoms with van der Waals surface area (Å²) in [6.45, 7) is 7.92.